The summed E-state index contributed by atoms with van der Waals surface area (Å²) in [5.41, 5.74) is 18.7. The van der Waals surface area contributed by atoms with Crippen molar-refractivity contribution in [3.63, 3.8) is 0 Å². The van der Waals surface area contributed by atoms with E-state index in [1.165, 1.54) is 27.7 Å². The molecular formula is C61H75F5N4O12. The van der Waals surface area contributed by atoms with Crippen molar-refractivity contribution in [1.82, 2.24) is 5.06 Å². The van der Waals surface area contributed by atoms with Gasteiger partial charge in [-0.3, -0.25) is 28.8 Å². The quantitative estimate of drug-likeness (QED) is 0.0135. The van der Waals surface area contributed by atoms with Crippen molar-refractivity contribution in [3.05, 3.63) is 136 Å². The monoisotopic (exact) mass is 1150 g/mol. The Morgan fingerprint density at radius 3 is 1.29 bits per heavy atom. The fourth-order valence-corrected chi connectivity index (χ4v) is 6.41. The van der Waals surface area contributed by atoms with Crippen molar-refractivity contribution in [2.75, 3.05) is 17.2 Å². The molecule has 0 aliphatic carbocycles. The summed E-state index contributed by atoms with van der Waals surface area (Å²) in [6, 6.07) is 24.5. The van der Waals surface area contributed by atoms with Crippen molar-refractivity contribution in [2.45, 2.75) is 147 Å². The maximum atomic E-state index is 13.2. The van der Waals surface area contributed by atoms with Crippen LogP contribution in [-0.2, 0) is 24.0 Å². The van der Waals surface area contributed by atoms with E-state index in [9.17, 15) is 55.5 Å². The third kappa shape index (κ3) is 23.4. The van der Waals surface area contributed by atoms with Crippen molar-refractivity contribution in [2.24, 2.45) is 10.8 Å². The molecule has 0 saturated carbocycles. The van der Waals surface area contributed by atoms with Crippen molar-refractivity contribution in [1.29, 1.82) is 0 Å². The minimum Gasteiger partial charge on any atom is -0.488 e. The summed E-state index contributed by atoms with van der Waals surface area (Å²) in [6.07, 6.45) is 1.16. The molecule has 2 amide bonds. The third-order valence-electron chi connectivity index (χ3n) is 10.0. The Bertz CT molecular complexity index is 3050. The minimum atomic E-state index is -2.31. The zero-order valence-corrected chi connectivity index (χ0v) is 49.2. The molecule has 1 aliphatic heterocycles. The lowest BCUT2D eigenvalue weighted by Crippen LogP contribution is -2.33. The molecule has 82 heavy (non-hydrogen) atoms. The second kappa shape index (κ2) is 28.9. The number of benzene rings is 5. The van der Waals surface area contributed by atoms with E-state index >= 15 is 0 Å². The number of esters is 1. The lowest BCUT2D eigenvalue weighted by atomic mass is 9.93. The predicted octanol–water partition coefficient (Wildman–Crippen LogP) is 12.9. The fraction of sp³-hybridized carbons (Fsp3) is 0.393. The topological polar surface area (TPSA) is 247 Å². The number of carbonyl (C=O) groups excluding carboxylic acids is 7. The normalized spacial score (nSPS) is 12.3. The number of hydroxylamine groups is 2. The van der Waals surface area contributed by atoms with Gasteiger partial charge < -0.3 is 41.0 Å². The predicted molar refractivity (Wildman–Crippen MR) is 302 cm³/mol. The van der Waals surface area contributed by atoms with Crippen LogP contribution in [0.1, 0.15) is 167 Å². The molecule has 6 N–H and O–H groups in total. The Balaban J connectivity index is 0.000000352. The Morgan fingerprint density at radius 1 is 0.549 bits per heavy atom. The number of halogens is 5. The molecule has 0 bridgehead atoms. The molecule has 1 heterocycles. The van der Waals surface area contributed by atoms with Crippen LogP contribution in [0.15, 0.2) is 84.9 Å². The second-order valence-corrected chi connectivity index (χ2v) is 23.6. The maximum Gasteiger partial charge on any atom is 0.333 e. The molecule has 446 valence electrons. The average molecular weight is 1150 g/mol. The van der Waals surface area contributed by atoms with E-state index in [2.05, 4.69) is 4.74 Å². The smallest absolute Gasteiger partial charge is 0.333 e. The zero-order valence-electron chi connectivity index (χ0n) is 49.2. The van der Waals surface area contributed by atoms with Gasteiger partial charge in [0.05, 0.1) is 11.8 Å². The third-order valence-corrected chi connectivity index (χ3v) is 10.0. The fourth-order valence-electron chi connectivity index (χ4n) is 6.41. The number of nitrogen functional groups attached to an aromatic ring is 3. The molecule has 5 aromatic carbocycles. The highest BCUT2D eigenvalue weighted by Gasteiger charge is 2.34. The van der Waals surface area contributed by atoms with Crippen LogP contribution >= 0.6 is 0 Å². The largest absolute Gasteiger partial charge is 0.488 e. The molecule has 1 saturated heterocycles. The van der Waals surface area contributed by atoms with Gasteiger partial charge in [0, 0.05) is 70.4 Å². The van der Waals surface area contributed by atoms with Gasteiger partial charge in [0.15, 0.2) is 17.9 Å². The Labute approximate surface area is 475 Å². The number of carbonyl (C=O) groups is 7. The Morgan fingerprint density at radius 2 is 0.939 bits per heavy atom. The molecule has 0 atom stereocenters. The van der Waals surface area contributed by atoms with Gasteiger partial charge in [-0.05, 0) is 132 Å². The molecular weight excluding hydrogens is 1080 g/mol. The number of anilines is 3. The summed E-state index contributed by atoms with van der Waals surface area (Å²) in [7, 11) is 0. The molecule has 0 spiro atoms. The van der Waals surface area contributed by atoms with E-state index in [1.54, 1.807) is 66.7 Å². The standard InChI is InChI=1S/C17H19NO2.C12H17NO2.C11H9F5O2.C11H15NO2.C10H15NO4/c1-17(2,3)20-13-9-10-14(15(18)11-13)16(19)12-7-5-4-6-8-12;1-8(14)10-6-5-9(7-11(10)13)15-12(2,3)4;1-11(2,3)10(17)18-9-7(15)5(13)4(12)6(14)8(9)16;1-11(2,3)14-9-5-4-8(7-13)10(12)6-9;1-10(2,3)6-9(14)15-11-7(12)4-5-8(11)13/h4-11H,18H2,1-3H3;5-7H,13H2,1-4H3;1-3H3;4-7H,12H2,1-3H3;4-6H2,1-3H3. The van der Waals surface area contributed by atoms with Gasteiger partial charge in [-0.1, -0.05) is 51.1 Å². The van der Waals surface area contributed by atoms with Crippen molar-refractivity contribution >= 4 is 58.7 Å². The lowest BCUT2D eigenvalue weighted by molar-refractivity contribution is -0.198. The van der Waals surface area contributed by atoms with E-state index in [0.29, 0.717) is 61.6 Å². The number of rotatable bonds is 10. The Kier molecular flexibility index (Phi) is 24.6. The molecule has 6 rings (SSSR count). The molecule has 1 aliphatic rings. The van der Waals surface area contributed by atoms with Crippen LogP contribution in [0.25, 0.3) is 0 Å². The number of nitrogens with two attached hydrogens (primary N) is 3. The lowest BCUT2D eigenvalue weighted by Gasteiger charge is -2.21. The van der Waals surface area contributed by atoms with Crippen LogP contribution < -0.4 is 36.1 Å². The van der Waals surface area contributed by atoms with E-state index in [-0.39, 0.29) is 53.0 Å². The maximum absolute atomic E-state index is 13.2. The summed E-state index contributed by atoms with van der Waals surface area (Å²) >= 11 is 0. The number of Topliss-reactive ketones (excluding diaryl/α,β-unsaturated/α-hetero) is 1. The average Bonchev–Trinajstić information content (AvgIpc) is 3.76. The number of ether oxygens (including phenoxy) is 4. The molecule has 0 radical (unpaired) electrons. The number of nitrogens with zero attached hydrogens (tertiary/aromatic N) is 1. The van der Waals surface area contributed by atoms with Crippen LogP contribution in [-0.4, -0.2) is 63.5 Å². The number of ketones is 2. The van der Waals surface area contributed by atoms with Gasteiger partial charge >= 0.3 is 11.9 Å². The van der Waals surface area contributed by atoms with E-state index in [0.717, 1.165) is 6.29 Å². The van der Waals surface area contributed by atoms with Crippen LogP contribution in [0.2, 0.25) is 0 Å². The molecule has 5 aromatic rings. The van der Waals surface area contributed by atoms with Gasteiger partial charge in [0.2, 0.25) is 34.8 Å². The summed E-state index contributed by atoms with van der Waals surface area (Å²) < 4.78 is 85.8. The molecule has 0 unspecified atom stereocenters. The highest BCUT2D eigenvalue weighted by Crippen LogP contribution is 2.32. The number of amides is 2. The highest BCUT2D eigenvalue weighted by atomic mass is 19.2. The van der Waals surface area contributed by atoms with E-state index in [1.807, 2.05) is 101 Å². The molecule has 16 nitrogen and oxygen atoms in total. The van der Waals surface area contributed by atoms with Gasteiger partial charge in [0.25, 0.3) is 11.8 Å². The van der Waals surface area contributed by atoms with E-state index in [4.69, 9.17) is 36.2 Å². The number of imide groups is 1. The van der Waals surface area contributed by atoms with Crippen LogP contribution in [0.3, 0.4) is 0 Å². The number of hydrogen-bond donors (Lipinski definition) is 3. The molecule has 1 fully saturated rings. The summed E-state index contributed by atoms with van der Waals surface area (Å²) in [5, 5.41) is 0.577. The molecule has 0 aromatic heterocycles. The highest BCUT2D eigenvalue weighted by molar-refractivity contribution is 6.12. The van der Waals surface area contributed by atoms with Gasteiger partial charge in [-0.2, -0.15) is 8.78 Å². The van der Waals surface area contributed by atoms with Gasteiger partial charge in [-0.25, -0.2) is 18.0 Å². The summed E-state index contributed by atoms with van der Waals surface area (Å²) in [5.74, 6) is -13.2. The second-order valence-electron chi connectivity index (χ2n) is 23.6. The first-order valence-electron chi connectivity index (χ1n) is 25.6. The minimum absolute atomic E-state index is 0.0326. The Hall–Kier alpha value is -8.36. The van der Waals surface area contributed by atoms with Gasteiger partial charge in [-0.15, -0.1) is 5.06 Å². The van der Waals surface area contributed by atoms with Crippen LogP contribution in [0, 0.1) is 39.9 Å². The molecule has 21 heteroatoms. The van der Waals surface area contributed by atoms with Gasteiger partial charge in [0.1, 0.15) is 34.1 Å². The number of hydrogen-bond acceptors (Lipinski definition) is 15. The van der Waals surface area contributed by atoms with Crippen LogP contribution in [0.5, 0.6) is 23.0 Å². The zero-order chi connectivity index (χ0) is 63.0. The van der Waals surface area contributed by atoms with E-state index < -0.39 is 64.0 Å². The van der Waals surface area contributed by atoms with Crippen molar-refractivity contribution < 1.29 is 79.3 Å². The SMILES string of the molecule is CC(=O)c1ccc(OC(C)(C)C)cc1N.CC(C)(C)C(=O)Oc1c(F)c(F)c(F)c(F)c1F.CC(C)(C)CC(=O)ON1C(=O)CCC1=O.CC(C)(C)Oc1ccc(C(=O)c2ccccc2)c(N)c1.CC(C)(C)Oc1ccc(C=O)c(N)c1. The first-order chi connectivity index (χ1) is 37.4. The first-order valence-corrected chi connectivity index (χ1v) is 25.6. The summed E-state index contributed by atoms with van der Waals surface area (Å²) in [6.45, 7) is 28.9. The number of aldehydes is 1. The van der Waals surface area contributed by atoms with Crippen molar-refractivity contribution in [3.8, 4) is 23.0 Å². The first kappa shape index (κ1) is 69.7. The van der Waals surface area contributed by atoms with Crippen LogP contribution in [0.4, 0.5) is 39.0 Å². The summed E-state index contributed by atoms with van der Waals surface area (Å²) in [4.78, 5) is 83.6.